The molecule has 26 heavy (non-hydrogen) atoms. The van der Waals surface area contributed by atoms with Crippen LogP contribution in [0.2, 0.25) is 0 Å². The van der Waals surface area contributed by atoms with Crippen LogP contribution in [0.3, 0.4) is 0 Å². The van der Waals surface area contributed by atoms with E-state index in [-0.39, 0.29) is 6.42 Å². The molecule has 0 aliphatic carbocycles. The number of unbranched alkanes of at least 4 members (excludes halogenated alkanes) is 12. The third-order valence-electron chi connectivity index (χ3n) is 4.61. The summed E-state index contributed by atoms with van der Waals surface area (Å²) in [5, 5.41) is 22.5. The van der Waals surface area contributed by atoms with Crippen LogP contribution in [-0.2, 0) is 4.79 Å². The van der Waals surface area contributed by atoms with Crippen molar-refractivity contribution in [3.05, 3.63) is 10.4 Å². The molecule has 0 fully saturated rings. The summed E-state index contributed by atoms with van der Waals surface area (Å²) in [5.41, 5.74) is 8.62. The van der Waals surface area contributed by atoms with Crippen LogP contribution in [0.15, 0.2) is 5.11 Å². The van der Waals surface area contributed by atoms with E-state index in [1.54, 1.807) is 0 Å². The monoisotopic (exact) mass is 501 g/mol. The van der Waals surface area contributed by atoms with Gasteiger partial charge in [-0.1, -0.05) is 95.5 Å². The largest absolute Gasteiger partial charge is 0.478 e. The number of aliphatic hydroxyl groups is 1. The van der Waals surface area contributed by atoms with Crippen LogP contribution in [0.1, 0.15) is 96.8 Å². The van der Waals surface area contributed by atoms with E-state index >= 15 is 0 Å². The van der Waals surface area contributed by atoms with Crippen LogP contribution < -0.4 is 0 Å². The summed E-state index contributed by atoms with van der Waals surface area (Å²) < 4.78 is -2.32. The van der Waals surface area contributed by atoms with Gasteiger partial charge in [0.25, 0.3) is 0 Å². The van der Waals surface area contributed by atoms with Gasteiger partial charge in [0.2, 0.25) is 3.61 Å². The molecule has 2 unspecified atom stereocenters. The second-order valence-electron chi connectivity index (χ2n) is 6.87. The number of halogens is 2. The van der Waals surface area contributed by atoms with Crippen molar-refractivity contribution in [2.75, 3.05) is 0 Å². The Hall–Kier alpha value is -0.240. The van der Waals surface area contributed by atoms with Gasteiger partial charge in [-0.15, -0.1) is 11.6 Å². The van der Waals surface area contributed by atoms with Crippen molar-refractivity contribution in [2.45, 2.75) is 105 Å². The number of aliphatic carboxylic acids is 1. The van der Waals surface area contributed by atoms with Gasteiger partial charge in [-0.3, -0.25) is 0 Å². The second-order valence-corrected chi connectivity index (χ2v) is 9.06. The highest BCUT2D eigenvalue weighted by Gasteiger charge is 2.53. The Morgan fingerprint density at radius 2 is 1.38 bits per heavy atom. The number of carboxylic acid groups (broad SMARTS) is 1. The summed E-state index contributed by atoms with van der Waals surface area (Å²) in [6, 6.07) is 0. The molecule has 2 atom stereocenters. The summed E-state index contributed by atoms with van der Waals surface area (Å²) in [6.07, 6.45) is 15.6. The predicted octanol–water partition coefficient (Wildman–Crippen LogP) is 6.92. The molecule has 8 heteroatoms. The van der Waals surface area contributed by atoms with Crippen LogP contribution in [-0.4, -0.2) is 24.8 Å². The standard InChI is InChI=1S/C18H33ClIN3O3/c1-2-3-4-5-6-7-8-9-10-11-12-13-14-15-17(19,22-23-21)18(20,26)16(24)25/h26H,2-15H2,1H3,(H,24,25). The Kier molecular flexibility index (Phi) is 14.6. The highest BCUT2D eigenvalue weighted by atomic mass is 127. The van der Waals surface area contributed by atoms with Crippen molar-refractivity contribution < 1.29 is 15.0 Å². The first-order valence-corrected chi connectivity index (χ1v) is 11.2. The van der Waals surface area contributed by atoms with Gasteiger partial charge in [0.1, 0.15) is 0 Å². The Labute approximate surface area is 175 Å². The molecule has 0 spiro atoms. The van der Waals surface area contributed by atoms with Crippen molar-refractivity contribution in [3.63, 3.8) is 0 Å². The third-order valence-corrected chi connectivity index (χ3v) is 6.82. The van der Waals surface area contributed by atoms with Crippen LogP contribution in [0.4, 0.5) is 0 Å². The van der Waals surface area contributed by atoms with E-state index < -0.39 is 14.6 Å². The Bertz CT molecular complexity index is 445. The fourth-order valence-corrected chi connectivity index (χ4v) is 3.52. The molecule has 0 amide bonds. The summed E-state index contributed by atoms with van der Waals surface area (Å²) >= 11 is 7.43. The predicted molar refractivity (Wildman–Crippen MR) is 115 cm³/mol. The molecule has 0 saturated carbocycles. The number of rotatable bonds is 17. The molecule has 0 rings (SSSR count). The molecule has 0 aromatic rings. The first-order chi connectivity index (χ1) is 12.3. The molecule has 0 aromatic heterocycles. The van der Waals surface area contributed by atoms with Crippen LogP contribution in [0.5, 0.6) is 0 Å². The first kappa shape index (κ1) is 25.8. The molecule has 0 bridgehead atoms. The second kappa shape index (κ2) is 14.8. The first-order valence-electron chi connectivity index (χ1n) is 9.71. The smallest absolute Gasteiger partial charge is 0.348 e. The van der Waals surface area contributed by atoms with Crippen molar-refractivity contribution in [2.24, 2.45) is 5.11 Å². The van der Waals surface area contributed by atoms with Crippen LogP contribution >= 0.6 is 34.2 Å². The van der Waals surface area contributed by atoms with Crippen molar-refractivity contribution in [3.8, 4) is 0 Å². The zero-order valence-corrected chi connectivity index (χ0v) is 18.7. The van der Waals surface area contributed by atoms with E-state index in [9.17, 15) is 9.90 Å². The quantitative estimate of drug-likeness (QED) is 0.0429. The third kappa shape index (κ3) is 10.2. The van der Waals surface area contributed by atoms with E-state index in [1.807, 2.05) is 0 Å². The van der Waals surface area contributed by atoms with E-state index in [0.717, 1.165) is 19.3 Å². The van der Waals surface area contributed by atoms with E-state index in [2.05, 4.69) is 16.9 Å². The maximum atomic E-state index is 11.2. The number of alkyl halides is 2. The molecule has 152 valence electrons. The SMILES string of the molecule is CCCCCCCCCCCCCCCC(Cl)(N=[N+]=[N-])C(O)(I)C(=O)O. The molecule has 6 nitrogen and oxygen atoms in total. The molecule has 2 N–H and O–H groups in total. The van der Waals surface area contributed by atoms with Crippen molar-refractivity contribution in [1.82, 2.24) is 0 Å². The molecule has 0 saturated heterocycles. The van der Waals surface area contributed by atoms with Gasteiger partial charge in [0.05, 0.1) is 0 Å². The summed E-state index contributed by atoms with van der Waals surface area (Å²) in [4.78, 5) is 11.9. The molecule has 0 heterocycles. The summed E-state index contributed by atoms with van der Waals surface area (Å²) in [6.45, 7) is 2.23. The van der Waals surface area contributed by atoms with Gasteiger partial charge in [-0.2, -0.15) is 0 Å². The van der Waals surface area contributed by atoms with Gasteiger partial charge in [0, 0.05) is 4.91 Å². The topological polar surface area (TPSA) is 106 Å². The van der Waals surface area contributed by atoms with Gasteiger partial charge in [0.15, 0.2) is 5.00 Å². The minimum absolute atomic E-state index is 0.127. The number of hydrogen-bond acceptors (Lipinski definition) is 3. The molecule has 0 aliphatic heterocycles. The minimum atomic E-state index is -2.32. The zero-order chi connectivity index (χ0) is 19.9. The van der Waals surface area contributed by atoms with Gasteiger partial charge < -0.3 is 10.2 Å². The lowest BCUT2D eigenvalue weighted by atomic mass is 10.0. The number of carbonyl (C=O) groups is 1. The maximum Gasteiger partial charge on any atom is 0.348 e. The lowest BCUT2D eigenvalue weighted by molar-refractivity contribution is -0.150. The molecule has 0 radical (unpaired) electrons. The lowest BCUT2D eigenvalue weighted by Crippen LogP contribution is -2.49. The van der Waals surface area contributed by atoms with Crippen molar-refractivity contribution >= 4 is 40.2 Å². The van der Waals surface area contributed by atoms with Crippen LogP contribution in [0, 0.1) is 0 Å². The van der Waals surface area contributed by atoms with E-state index in [1.165, 1.54) is 80.4 Å². The highest BCUT2D eigenvalue weighted by molar-refractivity contribution is 14.1. The normalized spacial score (nSPS) is 15.7. The average molecular weight is 502 g/mol. The Balaban J connectivity index is 3.81. The summed E-state index contributed by atoms with van der Waals surface area (Å²) in [5.74, 6) is -1.50. The Morgan fingerprint density at radius 3 is 1.73 bits per heavy atom. The van der Waals surface area contributed by atoms with Gasteiger partial charge in [-0.25, -0.2) is 4.79 Å². The van der Waals surface area contributed by atoms with Crippen molar-refractivity contribution in [1.29, 1.82) is 0 Å². The highest BCUT2D eigenvalue weighted by Crippen LogP contribution is 2.41. The van der Waals surface area contributed by atoms with E-state index in [0.29, 0.717) is 6.42 Å². The maximum absolute atomic E-state index is 11.2. The fraction of sp³-hybridized carbons (Fsp3) is 0.944. The fourth-order valence-electron chi connectivity index (χ4n) is 2.89. The Morgan fingerprint density at radius 1 is 1.00 bits per heavy atom. The molecule has 0 aliphatic rings. The van der Waals surface area contributed by atoms with Crippen LogP contribution in [0.25, 0.3) is 10.4 Å². The number of azide groups is 1. The van der Waals surface area contributed by atoms with E-state index in [4.69, 9.17) is 22.2 Å². The summed E-state index contributed by atoms with van der Waals surface area (Å²) in [7, 11) is 0. The minimum Gasteiger partial charge on any atom is -0.478 e. The molecule has 0 aromatic carbocycles. The number of nitrogens with zero attached hydrogens (tertiary/aromatic N) is 3. The zero-order valence-electron chi connectivity index (χ0n) is 15.8. The van der Waals surface area contributed by atoms with Gasteiger partial charge >= 0.3 is 5.97 Å². The molecular formula is C18H33ClIN3O3. The average Bonchev–Trinajstić information content (AvgIpc) is 2.59. The number of hydrogen-bond donors (Lipinski definition) is 2. The lowest BCUT2D eigenvalue weighted by Gasteiger charge is -2.31. The molecular weight excluding hydrogens is 469 g/mol. The number of carboxylic acids is 1. The van der Waals surface area contributed by atoms with Gasteiger partial charge in [-0.05, 0) is 34.5 Å².